The molecule has 1 saturated carbocycles. The first kappa shape index (κ1) is 14.8. The molecule has 1 N–H and O–H groups in total. The van der Waals surface area contributed by atoms with Crippen LogP contribution in [0.5, 0.6) is 5.75 Å². The van der Waals surface area contributed by atoms with Gasteiger partial charge in [-0.1, -0.05) is 29.3 Å². The van der Waals surface area contributed by atoms with E-state index in [4.69, 9.17) is 32.4 Å². The number of hydrogen-bond donors (Lipinski definition) is 1. The highest BCUT2D eigenvalue weighted by Gasteiger charge is 2.21. The molecule has 0 saturated heterocycles. The summed E-state index contributed by atoms with van der Waals surface area (Å²) in [6.45, 7) is 3.15. The minimum absolute atomic E-state index is 0.338. The van der Waals surface area contributed by atoms with Gasteiger partial charge in [-0.05, 0) is 43.5 Å². The van der Waals surface area contributed by atoms with Crippen LogP contribution in [0.25, 0.3) is 0 Å². The number of aryl methyl sites for hydroxylation is 1. The summed E-state index contributed by atoms with van der Waals surface area (Å²) in [6, 6.07) is 8.00. The molecule has 1 heterocycles. The lowest BCUT2D eigenvalue weighted by Crippen LogP contribution is -2.15. The minimum Gasteiger partial charge on any atom is -0.484 e. The average molecular weight is 326 g/mol. The van der Waals surface area contributed by atoms with Crippen LogP contribution in [0.4, 0.5) is 0 Å². The van der Waals surface area contributed by atoms with Crippen molar-refractivity contribution in [1.82, 2.24) is 5.32 Å². The molecule has 21 heavy (non-hydrogen) atoms. The first-order valence-electron chi connectivity index (χ1n) is 7.02. The second kappa shape index (κ2) is 6.30. The SMILES string of the molecule is Cc1cc(COc2cccc(Cl)c2Cl)oc1CNC1CC1. The lowest BCUT2D eigenvalue weighted by molar-refractivity contribution is 0.265. The van der Waals surface area contributed by atoms with Crippen LogP contribution in [-0.4, -0.2) is 6.04 Å². The Kier molecular flexibility index (Phi) is 4.43. The predicted molar refractivity (Wildman–Crippen MR) is 84.1 cm³/mol. The van der Waals surface area contributed by atoms with Gasteiger partial charge in [-0.2, -0.15) is 0 Å². The van der Waals surface area contributed by atoms with Gasteiger partial charge in [0.25, 0.3) is 0 Å². The Morgan fingerprint density at radius 1 is 1.33 bits per heavy atom. The zero-order valence-electron chi connectivity index (χ0n) is 11.8. The third-order valence-electron chi connectivity index (χ3n) is 3.49. The summed E-state index contributed by atoms with van der Waals surface area (Å²) >= 11 is 12.0. The molecule has 3 rings (SSSR count). The Hall–Kier alpha value is -1.16. The molecule has 0 amide bonds. The van der Waals surface area contributed by atoms with E-state index in [0.29, 0.717) is 28.4 Å². The number of halogens is 2. The molecule has 1 aliphatic rings. The van der Waals surface area contributed by atoms with Gasteiger partial charge in [0.15, 0.2) is 0 Å². The van der Waals surface area contributed by atoms with Crippen molar-refractivity contribution in [3.63, 3.8) is 0 Å². The summed E-state index contributed by atoms with van der Waals surface area (Å²) in [4.78, 5) is 0. The Morgan fingerprint density at radius 2 is 2.14 bits per heavy atom. The molecule has 1 aliphatic carbocycles. The molecule has 0 aliphatic heterocycles. The van der Waals surface area contributed by atoms with Gasteiger partial charge in [0, 0.05) is 6.04 Å². The predicted octanol–water partition coefficient (Wildman–Crippen LogP) is 4.73. The topological polar surface area (TPSA) is 34.4 Å². The molecule has 2 aromatic rings. The Balaban J connectivity index is 1.62. The fourth-order valence-corrected chi connectivity index (χ4v) is 2.45. The molecule has 0 atom stereocenters. The quantitative estimate of drug-likeness (QED) is 0.834. The highest BCUT2D eigenvalue weighted by atomic mass is 35.5. The van der Waals surface area contributed by atoms with Crippen molar-refractivity contribution in [3.05, 3.63) is 51.4 Å². The number of nitrogens with one attached hydrogen (secondary N) is 1. The largest absolute Gasteiger partial charge is 0.484 e. The smallest absolute Gasteiger partial charge is 0.146 e. The van der Waals surface area contributed by atoms with E-state index in [1.165, 1.54) is 12.8 Å². The van der Waals surface area contributed by atoms with Gasteiger partial charge in [-0.3, -0.25) is 0 Å². The third kappa shape index (κ3) is 3.73. The number of ether oxygens (including phenoxy) is 1. The van der Waals surface area contributed by atoms with Gasteiger partial charge < -0.3 is 14.5 Å². The van der Waals surface area contributed by atoms with Gasteiger partial charge in [0.05, 0.1) is 11.6 Å². The molecule has 0 radical (unpaired) electrons. The Morgan fingerprint density at radius 3 is 2.90 bits per heavy atom. The highest BCUT2D eigenvalue weighted by Crippen LogP contribution is 2.32. The molecule has 0 bridgehead atoms. The molecular weight excluding hydrogens is 309 g/mol. The van der Waals surface area contributed by atoms with Crippen LogP contribution in [-0.2, 0) is 13.2 Å². The van der Waals surface area contributed by atoms with Crippen LogP contribution in [0, 0.1) is 6.92 Å². The summed E-state index contributed by atoms with van der Waals surface area (Å²) in [5.41, 5.74) is 1.14. The Labute approximate surface area is 134 Å². The number of benzene rings is 1. The van der Waals surface area contributed by atoms with Crippen LogP contribution in [0.2, 0.25) is 10.0 Å². The van der Waals surface area contributed by atoms with E-state index in [1.807, 2.05) is 19.1 Å². The minimum atomic E-state index is 0.338. The van der Waals surface area contributed by atoms with E-state index < -0.39 is 0 Å². The average Bonchev–Trinajstić information content (AvgIpc) is 3.22. The maximum Gasteiger partial charge on any atom is 0.146 e. The van der Waals surface area contributed by atoms with Crippen molar-refractivity contribution < 1.29 is 9.15 Å². The molecule has 1 aromatic carbocycles. The summed E-state index contributed by atoms with van der Waals surface area (Å²) in [7, 11) is 0. The Bertz CT molecular complexity index is 635. The maximum absolute atomic E-state index is 6.09. The first-order chi connectivity index (χ1) is 10.1. The number of furan rings is 1. The van der Waals surface area contributed by atoms with Gasteiger partial charge >= 0.3 is 0 Å². The van der Waals surface area contributed by atoms with Crippen LogP contribution in [0.1, 0.15) is 29.9 Å². The van der Waals surface area contributed by atoms with Gasteiger partial charge in [0.2, 0.25) is 0 Å². The number of rotatable bonds is 6. The zero-order chi connectivity index (χ0) is 14.8. The molecule has 5 heteroatoms. The fraction of sp³-hybridized carbons (Fsp3) is 0.375. The van der Waals surface area contributed by atoms with Crippen LogP contribution >= 0.6 is 23.2 Å². The van der Waals surface area contributed by atoms with Crippen LogP contribution < -0.4 is 10.1 Å². The van der Waals surface area contributed by atoms with Crippen molar-refractivity contribution in [3.8, 4) is 5.75 Å². The van der Waals surface area contributed by atoms with E-state index in [-0.39, 0.29) is 0 Å². The lowest BCUT2D eigenvalue weighted by Gasteiger charge is -2.07. The second-order valence-electron chi connectivity index (χ2n) is 5.31. The lowest BCUT2D eigenvalue weighted by atomic mass is 10.2. The van der Waals surface area contributed by atoms with Crippen LogP contribution in [0.15, 0.2) is 28.7 Å². The summed E-state index contributed by atoms with van der Waals surface area (Å²) in [5, 5.41) is 4.36. The van der Waals surface area contributed by atoms with E-state index in [2.05, 4.69) is 5.32 Å². The molecule has 112 valence electrons. The molecule has 1 fully saturated rings. The first-order valence-corrected chi connectivity index (χ1v) is 7.77. The zero-order valence-corrected chi connectivity index (χ0v) is 13.3. The van der Waals surface area contributed by atoms with Gasteiger partial charge in [-0.15, -0.1) is 0 Å². The standard InChI is InChI=1S/C16H17Cl2NO2/c1-10-7-12(21-15(10)8-19-11-5-6-11)9-20-14-4-2-3-13(17)16(14)18/h2-4,7,11,19H,5-6,8-9H2,1H3. The van der Waals surface area contributed by atoms with Gasteiger partial charge in [-0.25, -0.2) is 0 Å². The number of hydrogen-bond acceptors (Lipinski definition) is 3. The summed E-state index contributed by atoms with van der Waals surface area (Å²) in [6.07, 6.45) is 2.53. The van der Waals surface area contributed by atoms with E-state index in [9.17, 15) is 0 Å². The van der Waals surface area contributed by atoms with Crippen molar-refractivity contribution in [2.24, 2.45) is 0 Å². The van der Waals surface area contributed by atoms with Gasteiger partial charge in [0.1, 0.15) is 28.9 Å². The summed E-state index contributed by atoms with van der Waals surface area (Å²) < 4.78 is 11.5. The molecule has 3 nitrogen and oxygen atoms in total. The molecule has 0 spiro atoms. The van der Waals surface area contributed by atoms with Crippen molar-refractivity contribution in [1.29, 1.82) is 0 Å². The van der Waals surface area contributed by atoms with Crippen molar-refractivity contribution in [2.45, 2.75) is 39.0 Å². The van der Waals surface area contributed by atoms with E-state index in [0.717, 1.165) is 23.6 Å². The van der Waals surface area contributed by atoms with Crippen molar-refractivity contribution >= 4 is 23.2 Å². The fourth-order valence-electron chi connectivity index (χ4n) is 2.11. The molecular formula is C16H17Cl2NO2. The van der Waals surface area contributed by atoms with E-state index >= 15 is 0 Å². The molecule has 0 unspecified atom stereocenters. The third-order valence-corrected chi connectivity index (χ3v) is 4.29. The van der Waals surface area contributed by atoms with Crippen LogP contribution in [0.3, 0.4) is 0 Å². The highest BCUT2D eigenvalue weighted by molar-refractivity contribution is 6.42. The van der Waals surface area contributed by atoms with E-state index in [1.54, 1.807) is 12.1 Å². The maximum atomic E-state index is 6.09. The monoisotopic (exact) mass is 325 g/mol. The second-order valence-corrected chi connectivity index (χ2v) is 6.10. The van der Waals surface area contributed by atoms with Crippen molar-refractivity contribution in [2.75, 3.05) is 0 Å². The summed E-state index contributed by atoms with van der Waals surface area (Å²) in [5.74, 6) is 2.32. The normalized spacial score (nSPS) is 14.4. The molecule has 1 aromatic heterocycles.